The molecule has 0 aliphatic heterocycles. The molecule has 172 valence electrons. The number of aromatic nitrogens is 3. The lowest BCUT2D eigenvalue weighted by Gasteiger charge is -2.09. The van der Waals surface area contributed by atoms with Gasteiger partial charge in [-0.15, -0.1) is 0 Å². The lowest BCUT2D eigenvalue weighted by molar-refractivity contribution is 0.102. The van der Waals surface area contributed by atoms with Crippen LogP contribution in [0, 0.1) is 0 Å². The molecule has 0 atom stereocenters. The molecule has 0 fully saturated rings. The largest absolute Gasteiger partial charge is 0.496 e. The van der Waals surface area contributed by atoms with Crippen LogP contribution in [0.15, 0.2) is 110 Å². The molecule has 0 saturated carbocycles. The number of carbonyl (C=O) groups is 1. The summed E-state index contributed by atoms with van der Waals surface area (Å²) in [5.41, 5.74) is 3.17. The zero-order valence-corrected chi connectivity index (χ0v) is 19.0. The highest BCUT2D eigenvalue weighted by Gasteiger charge is 2.21. The standard InChI is InChI=1S/C28H22N4O3/c1-34-26-10-6-5-9-24(26)27-25(19-32(31-27)21-7-3-2-4-8-21)28(33)30-20-11-13-22(14-12-20)35-23-15-17-29-18-16-23/h2-19H,1H3,(H,30,33). The fraction of sp³-hybridized carbons (Fsp3) is 0.0357. The first-order valence-electron chi connectivity index (χ1n) is 11.0. The fourth-order valence-corrected chi connectivity index (χ4v) is 3.64. The number of hydrogen-bond donors (Lipinski definition) is 1. The summed E-state index contributed by atoms with van der Waals surface area (Å²) in [4.78, 5) is 17.4. The van der Waals surface area contributed by atoms with Crippen molar-refractivity contribution >= 4 is 11.6 Å². The normalized spacial score (nSPS) is 10.5. The van der Waals surface area contributed by atoms with Gasteiger partial charge in [-0.05, 0) is 60.7 Å². The van der Waals surface area contributed by atoms with Gasteiger partial charge in [0.15, 0.2) is 0 Å². The monoisotopic (exact) mass is 462 g/mol. The van der Waals surface area contributed by atoms with Crippen molar-refractivity contribution in [1.29, 1.82) is 0 Å². The van der Waals surface area contributed by atoms with Gasteiger partial charge in [-0.25, -0.2) is 4.68 Å². The number of hydrogen-bond acceptors (Lipinski definition) is 5. The van der Waals surface area contributed by atoms with Crippen molar-refractivity contribution < 1.29 is 14.3 Å². The van der Waals surface area contributed by atoms with Gasteiger partial charge in [0.05, 0.1) is 18.4 Å². The highest BCUT2D eigenvalue weighted by Crippen LogP contribution is 2.32. The minimum absolute atomic E-state index is 0.282. The van der Waals surface area contributed by atoms with Gasteiger partial charge in [0.1, 0.15) is 22.9 Å². The number of para-hydroxylation sites is 2. The van der Waals surface area contributed by atoms with E-state index < -0.39 is 0 Å². The molecule has 0 saturated heterocycles. The summed E-state index contributed by atoms with van der Waals surface area (Å²) < 4.78 is 13.0. The van der Waals surface area contributed by atoms with Gasteiger partial charge in [-0.3, -0.25) is 9.78 Å². The second-order valence-electron chi connectivity index (χ2n) is 7.64. The van der Waals surface area contributed by atoms with Crippen molar-refractivity contribution in [3.05, 3.63) is 115 Å². The minimum Gasteiger partial charge on any atom is -0.496 e. The van der Waals surface area contributed by atoms with E-state index in [1.165, 1.54) is 0 Å². The molecule has 5 rings (SSSR count). The number of amides is 1. The van der Waals surface area contributed by atoms with Gasteiger partial charge >= 0.3 is 0 Å². The number of nitrogens with one attached hydrogen (secondary N) is 1. The van der Waals surface area contributed by atoms with Crippen LogP contribution in [0.2, 0.25) is 0 Å². The number of carbonyl (C=O) groups excluding carboxylic acids is 1. The Morgan fingerprint density at radius 1 is 0.829 bits per heavy atom. The van der Waals surface area contributed by atoms with Crippen LogP contribution in [0.25, 0.3) is 16.9 Å². The maximum Gasteiger partial charge on any atom is 0.259 e. The molecule has 0 aliphatic carbocycles. The van der Waals surface area contributed by atoms with Crippen molar-refractivity contribution in [1.82, 2.24) is 14.8 Å². The highest BCUT2D eigenvalue weighted by atomic mass is 16.5. The van der Waals surface area contributed by atoms with E-state index in [-0.39, 0.29) is 5.91 Å². The molecule has 1 amide bonds. The number of nitrogens with zero attached hydrogens (tertiary/aromatic N) is 3. The summed E-state index contributed by atoms with van der Waals surface area (Å²) in [6, 6.07) is 27.9. The first-order valence-corrected chi connectivity index (χ1v) is 11.0. The van der Waals surface area contributed by atoms with E-state index in [0.29, 0.717) is 34.2 Å². The van der Waals surface area contributed by atoms with E-state index in [2.05, 4.69) is 10.3 Å². The zero-order chi connectivity index (χ0) is 24.0. The van der Waals surface area contributed by atoms with Crippen LogP contribution >= 0.6 is 0 Å². The van der Waals surface area contributed by atoms with Crippen molar-refractivity contribution in [3.63, 3.8) is 0 Å². The van der Waals surface area contributed by atoms with E-state index in [4.69, 9.17) is 14.6 Å². The molecule has 0 radical (unpaired) electrons. The van der Waals surface area contributed by atoms with Crippen LogP contribution in [-0.4, -0.2) is 27.8 Å². The smallest absolute Gasteiger partial charge is 0.259 e. The van der Waals surface area contributed by atoms with Gasteiger partial charge in [0, 0.05) is 29.8 Å². The first-order chi connectivity index (χ1) is 17.2. The molecule has 2 aromatic heterocycles. The lowest BCUT2D eigenvalue weighted by Crippen LogP contribution is -2.12. The number of ether oxygens (including phenoxy) is 2. The van der Waals surface area contributed by atoms with Gasteiger partial charge in [-0.2, -0.15) is 5.10 Å². The van der Waals surface area contributed by atoms with E-state index in [1.807, 2.05) is 54.6 Å². The molecule has 2 heterocycles. The Morgan fingerprint density at radius 3 is 2.26 bits per heavy atom. The van der Waals surface area contributed by atoms with Gasteiger partial charge < -0.3 is 14.8 Å². The number of benzene rings is 3. The minimum atomic E-state index is -0.282. The van der Waals surface area contributed by atoms with Crippen molar-refractivity contribution in [2.45, 2.75) is 0 Å². The van der Waals surface area contributed by atoms with Crippen LogP contribution in [0.3, 0.4) is 0 Å². The van der Waals surface area contributed by atoms with Crippen molar-refractivity contribution in [2.75, 3.05) is 12.4 Å². The summed E-state index contributed by atoms with van der Waals surface area (Å²) >= 11 is 0. The molecular weight excluding hydrogens is 440 g/mol. The predicted octanol–water partition coefficient (Wildman–Crippen LogP) is 5.99. The van der Waals surface area contributed by atoms with Crippen molar-refractivity contribution in [3.8, 4) is 34.2 Å². The summed E-state index contributed by atoms with van der Waals surface area (Å²) in [6.07, 6.45) is 5.06. The third kappa shape index (κ3) is 4.89. The second kappa shape index (κ2) is 9.93. The average Bonchev–Trinajstić information content (AvgIpc) is 3.36. The Morgan fingerprint density at radius 2 is 1.51 bits per heavy atom. The number of methoxy groups -OCH3 is 1. The van der Waals surface area contributed by atoms with E-state index in [0.717, 1.165) is 11.3 Å². The molecule has 5 aromatic rings. The molecule has 3 aromatic carbocycles. The van der Waals surface area contributed by atoms with Gasteiger partial charge in [0.2, 0.25) is 0 Å². The van der Waals surface area contributed by atoms with Crippen LogP contribution in [0.1, 0.15) is 10.4 Å². The fourth-order valence-electron chi connectivity index (χ4n) is 3.64. The van der Waals surface area contributed by atoms with Crippen LogP contribution in [0.5, 0.6) is 17.2 Å². The van der Waals surface area contributed by atoms with Crippen molar-refractivity contribution in [2.24, 2.45) is 0 Å². The molecule has 0 unspecified atom stereocenters. The molecule has 0 bridgehead atoms. The summed E-state index contributed by atoms with van der Waals surface area (Å²) in [6.45, 7) is 0. The Bertz CT molecular complexity index is 1430. The Kier molecular flexibility index (Phi) is 6.21. The molecule has 0 spiro atoms. The maximum atomic E-state index is 13.4. The van der Waals surface area contributed by atoms with E-state index >= 15 is 0 Å². The molecule has 0 aliphatic rings. The zero-order valence-electron chi connectivity index (χ0n) is 19.0. The third-order valence-electron chi connectivity index (χ3n) is 5.34. The van der Waals surface area contributed by atoms with Gasteiger partial charge in [-0.1, -0.05) is 30.3 Å². The molecule has 1 N–H and O–H groups in total. The van der Waals surface area contributed by atoms with Crippen LogP contribution in [0.4, 0.5) is 5.69 Å². The molecule has 7 nitrogen and oxygen atoms in total. The number of anilines is 1. The summed E-state index contributed by atoms with van der Waals surface area (Å²) in [7, 11) is 1.60. The molecule has 7 heteroatoms. The van der Waals surface area contributed by atoms with Gasteiger partial charge in [0.25, 0.3) is 5.91 Å². The Labute approximate surface area is 202 Å². The highest BCUT2D eigenvalue weighted by molar-refractivity contribution is 6.08. The predicted molar refractivity (Wildman–Crippen MR) is 134 cm³/mol. The average molecular weight is 463 g/mol. The van der Waals surface area contributed by atoms with E-state index in [1.54, 1.807) is 66.8 Å². The van der Waals surface area contributed by atoms with E-state index in [9.17, 15) is 4.79 Å². The third-order valence-corrected chi connectivity index (χ3v) is 5.34. The quantitative estimate of drug-likeness (QED) is 0.322. The molecule has 35 heavy (non-hydrogen) atoms. The molecular formula is C28H22N4O3. The topological polar surface area (TPSA) is 78.3 Å². The number of rotatable bonds is 7. The van der Waals surface area contributed by atoms with Crippen LogP contribution < -0.4 is 14.8 Å². The second-order valence-corrected chi connectivity index (χ2v) is 7.64. The Balaban J connectivity index is 1.44. The Hall–Kier alpha value is -4.91. The number of pyridine rings is 1. The maximum absolute atomic E-state index is 13.4. The SMILES string of the molecule is COc1ccccc1-c1nn(-c2ccccc2)cc1C(=O)Nc1ccc(Oc2ccncc2)cc1. The first kappa shape index (κ1) is 21.9. The lowest BCUT2D eigenvalue weighted by atomic mass is 10.1. The summed E-state index contributed by atoms with van der Waals surface area (Å²) in [5.74, 6) is 1.70. The summed E-state index contributed by atoms with van der Waals surface area (Å²) in [5, 5.41) is 7.70. The van der Waals surface area contributed by atoms with Crippen LogP contribution in [-0.2, 0) is 0 Å².